The summed E-state index contributed by atoms with van der Waals surface area (Å²) in [6, 6.07) is 5.63. The number of ether oxygens (including phenoxy) is 2. The van der Waals surface area contributed by atoms with Crippen LogP contribution in [0, 0.1) is 0 Å². The van der Waals surface area contributed by atoms with Crippen molar-refractivity contribution in [3.63, 3.8) is 0 Å². The third kappa shape index (κ3) is 2.61. The van der Waals surface area contributed by atoms with Crippen molar-refractivity contribution >= 4 is 11.1 Å². The van der Waals surface area contributed by atoms with E-state index in [0.29, 0.717) is 0 Å². The Labute approximate surface area is 96.9 Å². The summed E-state index contributed by atoms with van der Waals surface area (Å²) in [4.78, 5) is 0. The van der Waals surface area contributed by atoms with Gasteiger partial charge < -0.3 is 14.0 Å². The van der Waals surface area contributed by atoms with E-state index in [-0.39, 0.29) is 12.0 Å². The summed E-state index contributed by atoms with van der Waals surface area (Å²) in [5, 5.41) is 0. The molecule has 0 bridgehead atoms. The molecule has 88 valence electrons. The summed E-state index contributed by atoms with van der Waals surface area (Å²) in [7, 11) is 1.61. The van der Waals surface area contributed by atoms with E-state index in [0.717, 1.165) is 29.7 Å². The third-order valence-electron chi connectivity index (χ3n) is 2.59. The lowest BCUT2D eigenvalue weighted by molar-refractivity contribution is -0.0653. The van der Waals surface area contributed by atoms with Crippen LogP contribution in [0.15, 0.2) is 18.2 Å². The highest BCUT2D eigenvalue weighted by Crippen LogP contribution is 2.29. The Bertz CT molecular complexity index is 405. The normalized spacial score (nSPS) is 21.0. The molecular formula is C11H14O4S. The fraction of sp³-hybridized carbons (Fsp3) is 0.455. The molecule has 16 heavy (non-hydrogen) atoms. The number of rotatable bonds is 3. The Morgan fingerprint density at radius 1 is 1.62 bits per heavy atom. The quantitative estimate of drug-likeness (QED) is 0.820. The predicted octanol–water partition coefficient (Wildman–Crippen LogP) is 1.71. The Kier molecular flexibility index (Phi) is 3.58. The summed E-state index contributed by atoms with van der Waals surface area (Å²) >= 11 is -1.81. The molecule has 2 atom stereocenters. The van der Waals surface area contributed by atoms with E-state index < -0.39 is 11.1 Å². The maximum Gasteiger partial charge on any atom is 0.199 e. The summed E-state index contributed by atoms with van der Waals surface area (Å²) in [6.07, 6.45) is 1.55. The van der Waals surface area contributed by atoms with Crippen LogP contribution in [0.3, 0.4) is 0 Å². The molecule has 1 aliphatic rings. The summed E-state index contributed by atoms with van der Waals surface area (Å²) in [5.41, 5.74) is 1.93. The van der Waals surface area contributed by atoms with Crippen molar-refractivity contribution in [2.45, 2.75) is 24.9 Å². The molecule has 1 heterocycles. The van der Waals surface area contributed by atoms with Crippen LogP contribution in [0.25, 0.3) is 0 Å². The first-order valence-electron chi connectivity index (χ1n) is 5.08. The molecule has 0 radical (unpaired) electrons. The molecule has 0 aromatic heterocycles. The Balaban J connectivity index is 2.20. The molecule has 4 nitrogen and oxygen atoms in total. The highest BCUT2D eigenvalue weighted by atomic mass is 32.2. The van der Waals surface area contributed by atoms with Gasteiger partial charge >= 0.3 is 0 Å². The number of methoxy groups -OCH3 is 1. The van der Waals surface area contributed by atoms with Gasteiger partial charge in [0.25, 0.3) is 0 Å². The zero-order valence-corrected chi connectivity index (χ0v) is 9.83. The van der Waals surface area contributed by atoms with Crippen LogP contribution in [0.2, 0.25) is 0 Å². The number of hydrogen-bond donors (Lipinski definition) is 1. The summed E-state index contributed by atoms with van der Waals surface area (Å²) in [5.74, 6) is 0.898. The largest absolute Gasteiger partial charge is 0.465 e. The van der Waals surface area contributed by atoms with Gasteiger partial charge in [-0.1, -0.05) is 12.1 Å². The average Bonchev–Trinajstić information content (AvgIpc) is 2.27. The summed E-state index contributed by atoms with van der Waals surface area (Å²) < 4.78 is 30.3. The highest BCUT2D eigenvalue weighted by Gasteiger charge is 2.19. The number of benzene rings is 1. The lowest BCUT2D eigenvalue weighted by Crippen LogP contribution is -2.24. The Morgan fingerprint density at radius 3 is 3.12 bits per heavy atom. The standard InChI is InChI=1S/C11H14O4S/c1-14-11-5-4-9-3-2-8(7-16(12)13)6-10(9)15-11/h2-3,6,11H,4-5,7H2,1H3,(H,12,13). The van der Waals surface area contributed by atoms with Gasteiger partial charge in [-0.15, -0.1) is 0 Å². The lowest BCUT2D eigenvalue weighted by Gasteiger charge is -2.25. The minimum absolute atomic E-state index is 0.133. The molecule has 0 fully saturated rings. The molecule has 1 aromatic carbocycles. The second-order valence-corrected chi connectivity index (χ2v) is 4.66. The fourth-order valence-corrected chi connectivity index (χ4v) is 2.25. The van der Waals surface area contributed by atoms with Gasteiger partial charge in [-0.25, -0.2) is 4.21 Å². The molecule has 1 aliphatic heterocycles. The molecular weight excluding hydrogens is 228 g/mol. The van der Waals surface area contributed by atoms with E-state index in [4.69, 9.17) is 14.0 Å². The minimum Gasteiger partial charge on any atom is -0.465 e. The van der Waals surface area contributed by atoms with Crippen LogP contribution < -0.4 is 4.74 Å². The SMILES string of the molecule is COC1CCc2ccc(CS(=O)O)cc2O1. The number of aryl methyl sites for hydroxylation is 1. The first-order valence-corrected chi connectivity index (χ1v) is 6.35. The zero-order valence-electron chi connectivity index (χ0n) is 9.01. The van der Waals surface area contributed by atoms with Gasteiger partial charge in [0.15, 0.2) is 17.4 Å². The van der Waals surface area contributed by atoms with E-state index in [1.165, 1.54) is 0 Å². The van der Waals surface area contributed by atoms with Gasteiger partial charge in [-0.2, -0.15) is 0 Å². The molecule has 2 unspecified atom stereocenters. The molecule has 2 rings (SSSR count). The topological polar surface area (TPSA) is 55.8 Å². The predicted molar refractivity (Wildman–Crippen MR) is 60.7 cm³/mol. The van der Waals surface area contributed by atoms with E-state index in [9.17, 15) is 4.21 Å². The van der Waals surface area contributed by atoms with E-state index in [1.807, 2.05) is 18.2 Å². The zero-order chi connectivity index (χ0) is 11.5. The maximum absolute atomic E-state index is 10.7. The first kappa shape index (κ1) is 11.6. The third-order valence-corrected chi connectivity index (χ3v) is 3.17. The van der Waals surface area contributed by atoms with Crippen molar-refractivity contribution in [2.75, 3.05) is 7.11 Å². The fourth-order valence-electron chi connectivity index (χ4n) is 1.79. The monoisotopic (exact) mass is 242 g/mol. The van der Waals surface area contributed by atoms with Crippen LogP contribution in [0.5, 0.6) is 5.75 Å². The van der Waals surface area contributed by atoms with Crippen molar-refractivity contribution in [1.29, 1.82) is 0 Å². The first-order chi connectivity index (χ1) is 7.69. The van der Waals surface area contributed by atoms with E-state index in [2.05, 4.69) is 0 Å². The van der Waals surface area contributed by atoms with Crippen LogP contribution >= 0.6 is 0 Å². The van der Waals surface area contributed by atoms with Gasteiger partial charge in [0.05, 0.1) is 5.75 Å². The molecule has 1 aromatic rings. The molecule has 0 saturated carbocycles. The van der Waals surface area contributed by atoms with Gasteiger partial charge in [0.1, 0.15) is 5.75 Å². The minimum atomic E-state index is -1.81. The molecule has 0 aliphatic carbocycles. The number of hydrogen-bond acceptors (Lipinski definition) is 3. The van der Waals surface area contributed by atoms with Crippen LogP contribution in [-0.2, 0) is 28.0 Å². The second kappa shape index (κ2) is 4.95. The lowest BCUT2D eigenvalue weighted by atomic mass is 10.0. The average molecular weight is 242 g/mol. The maximum atomic E-state index is 10.7. The van der Waals surface area contributed by atoms with E-state index in [1.54, 1.807) is 7.11 Å². The molecule has 0 amide bonds. The van der Waals surface area contributed by atoms with E-state index >= 15 is 0 Å². The van der Waals surface area contributed by atoms with Crippen molar-refractivity contribution < 1.29 is 18.2 Å². The van der Waals surface area contributed by atoms with Crippen molar-refractivity contribution in [3.8, 4) is 5.75 Å². The molecule has 1 N–H and O–H groups in total. The van der Waals surface area contributed by atoms with Crippen LogP contribution in [0.1, 0.15) is 17.5 Å². The van der Waals surface area contributed by atoms with Crippen molar-refractivity contribution in [2.24, 2.45) is 0 Å². The second-order valence-electron chi connectivity index (χ2n) is 3.73. The van der Waals surface area contributed by atoms with Crippen LogP contribution in [0.4, 0.5) is 0 Å². The number of fused-ring (bicyclic) bond motifs is 1. The van der Waals surface area contributed by atoms with Gasteiger partial charge in [-0.05, 0) is 23.6 Å². The van der Waals surface area contributed by atoms with Crippen molar-refractivity contribution in [1.82, 2.24) is 0 Å². The van der Waals surface area contributed by atoms with Gasteiger partial charge in [0.2, 0.25) is 0 Å². The van der Waals surface area contributed by atoms with Gasteiger partial charge in [-0.3, -0.25) is 0 Å². The van der Waals surface area contributed by atoms with Crippen molar-refractivity contribution in [3.05, 3.63) is 29.3 Å². The van der Waals surface area contributed by atoms with Gasteiger partial charge in [0, 0.05) is 13.5 Å². The Morgan fingerprint density at radius 2 is 2.44 bits per heavy atom. The molecule has 5 heteroatoms. The Hall–Kier alpha value is -0.910. The smallest absolute Gasteiger partial charge is 0.199 e. The highest BCUT2D eigenvalue weighted by molar-refractivity contribution is 7.78. The molecule has 0 saturated heterocycles. The molecule has 0 spiro atoms. The van der Waals surface area contributed by atoms with Crippen LogP contribution in [-0.4, -0.2) is 22.2 Å². The summed E-state index contributed by atoms with van der Waals surface area (Å²) in [6.45, 7) is 0.